The predicted molar refractivity (Wildman–Crippen MR) is 63.7 cm³/mol. The molecule has 0 radical (unpaired) electrons. The van der Waals surface area contributed by atoms with Gasteiger partial charge in [0.1, 0.15) is 18.8 Å². The number of hydrogen-bond donors (Lipinski definition) is 1. The Morgan fingerprint density at radius 3 is 1.89 bits per heavy atom. The Balaban J connectivity index is 2.18. The van der Waals surface area contributed by atoms with E-state index in [2.05, 4.69) is 4.74 Å². The first-order valence-electron chi connectivity index (χ1n) is 6.43. The van der Waals surface area contributed by atoms with Crippen molar-refractivity contribution in [3.05, 3.63) is 0 Å². The minimum Gasteiger partial charge on any atom is -0.435 e. The second kappa shape index (κ2) is 8.58. The van der Waals surface area contributed by atoms with Crippen LogP contribution in [0.4, 0.5) is 9.59 Å². The lowest BCUT2D eigenvalue weighted by Gasteiger charge is -2.27. The summed E-state index contributed by atoms with van der Waals surface area (Å²) in [7, 11) is 0. The number of rotatable bonds is 5. The summed E-state index contributed by atoms with van der Waals surface area (Å²) >= 11 is 0. The first kappa shape index (κ1) is 15.6. The van der Waals surface area contributed by atoms with Crippen LogP contribution in [0.15, 0.2) is 0 Å². The minimum absolute atomic E-state index is 0.0693. The molecule has 0 atom stereocenters. The van der Waals surface area contributed by atoms with Crippen LogP contribution >= 0.6 is 0 Å². The molecule has 110 valence electrons. The fourth-order valence-corrected chi connectivity index (χ4v) is 1.85. The van der Waals surface area contributed by atoms with E-state index >= 15 is 0 Å². The van der Waals surface area contributed by atoms with Crippen molar-refractivity contribution < 1.29 is 33.6 Å². The highest BCUT2D eigenvalue weighted by Crippen LogP contribution is 2.24. The van der Waals surface area contributed by atoms with Crippen LogP contribution in [0.5, 0.6) is 0 Å². The molecule has 0 aliphatic heterocycles. The topological polar surface area (TPSA) is 91.3 Å². The third-order valence-corrected chi connectivity index (χ3v) is 2.72. The van der Waals surface area contributed by atoms with Crippen molar-refractivity contribution in [2.75, 3.05) is 19.8 Å². The van der Waals surface area contributed by atoms with E-state index in [1.807, 2.05) is 0 Å². The maximum absolute atomic E-state index is 11.2. The van der Waals surface area contributed by atoms with Crippen LogP contribution in [0, 0.1) is 0 Å². The minimum atomic E-state index is -0.774. The summed E-state index contributed by atoms with van der Waals surface area (Å²) in [6.07, 6.45) is 0.614. The smallest absolute Gasteiger partial charge is 0.435 e. The van der Waals surface area contributed by atoms with E-state index < -0.39 is 12.3 Å². The molecule has 0 amide bonds. The van der Waals surface area contributed by atoms with Crippen LogP contribution in [0.2, 0.25) is 0 Å². The molecule has 0 spiro atoms. The fourth-order valence-electron chi connectivity index (χ4n) is 1.85. The van der Waals surface area contributed by atoms with Gasteiger partial charge in [0.2, 0.25) is 0 Å². The zero-order valence-corrected chi connectivity index (χ0v) is 11.0. The highest BCUT2D eigenvalue weighted by Gasteiger charge is 2.27. The van der Waals surface area contributed by atoms with Gasteiger partial charge in [0.05, 0.1) is 13.2 Å². The fraction of sp³-hybridized carbons (Fsp3) is 0.833. The molecule has 0 bridgehead atoms. The molecule has 1 rings (SSSR count). The molecule has 0 aromatic heterocycles. The number of aliphatic hydroxyl groups excluding tert-OH is 1. The molecule has 1 saturated carbocycles. The van der Waals surface area contributed by atoms with Crippen molar-refractivity contribution >= 4 is 12.3 Å². The molecular formula is C12H20O7. The van der Waals surface area contributed by atoms with Gasteiger partial charge in [-0.1, -0.05) is 0 Å². The number of carbonyl (C=O) groups is 2. The van der Waals surface area contributed by atoms with Crippen LogP contribution in [-0.4, -0.2) is 49.4 Å². The standard InChI is InChI=1S/C12H20O7/c1-2-16-11(14)18-9-3-5-10(6-4-9)19-12(15)17-8-7-13/h9-10,13H,2-8H2,1H3. The Morgan fingerprint density at radius 2 is 1.47 bits per heavy atom. The summed E-state index contributed by atoms with van der Waals surface area (Å²) < 4.78 is 19.4. The number of hydrogen-bond acceptors (Lipinski definition) is 7. The maximum Gasteiger partial charge on any atom is 0.508 e. The Kier molecular flexibility index (Phi) is 7.02. The Labute approximate surface area is 111 Å². The number of aliphatic hydroxyl groups is 1. The van der Waals surface area contributed by atoms with Crippen molar-refractivity contribution in [3.8, 4) is 0 Å². The van der Waals surface area contributed by atoms with E-state index in [0.717, 1.165) is 0 Å². The number of carbonyl (C=O) groups excluding carboxylic acids is 2. The summed E-state index contributed by atoms with van der Waals surface area (Å²) in [5, 5.41) is 8.49. The Hall–Kier alpha value is -1.50. The molecular weight excluding hydrogens is 256 g/mol. The lowest BCUT2D eigenvalue weighted by Crippen LogP contribution is -2.30. The van der Waals surface area contributed by atoms with Crippen LogP contribution in [0.25, 0.3) is 0 Å². The van der Waals surface area contributed by atoms with Gasteiger partial charge in [0, 0.05) is 0 Å². The van der Waals surface area contributed by atoms with Crippen LogP contribution in [0.1, 0.15) is 32.6 Å². The van der Waals surface area contributed by atoms with Crippen molar-refractivity contribution in [2.45, 2.75) is 44.8 Å². The molecule has 1 fully saturated rings. The van der Waals surface area contributed by atoms with E-state index in [9.17, 15) is 9.59 Å². The van der Waals surface area contributed by atoms with Gasteiger partial charge < -0.3 is 24.1 Å². The Morgan fingerprint density at radius 1 is 1.00 bits per heavy atom. The van der Waals surface area contributed by atoms with Gasteiger partial charge in [-0.25, -0.2) is 9.59 Å². The summed E-state index contributed by atoms with van der Waals surface area (Å²) in [6.45, 7) is 1.70. The second-order valence-electron chi connectivity index (χ2n) is 4.14. The van der Waals surface area contributed by atoms with Gasteiger partial charge in [0.25, 0.3) is 0 Å². The molecule has 0 unspecified atom stereocenters. The summed E-state index contributed by atoms with van der Waals surface area (Å²) in [5.74, 6) is 0. The zero-order valence-electron chi connectivity index (χ0n) is 11.0. The molecule has 0 aromatic carbocycles. The quantitative estimate of drug-likeness (QED) is 0.763. The van der Waals surface area contributed by atoms with Gasteiger partial charge >= 0.3 is 12.3 Å². The molecule has 1 N–H and O–H groups in total. The molecule has 19 heavy (non-hydrogen) atoms. The SMILES string of the molecule is CCOC(=O)OC1CCC(OC(=O)OCCO)CC1. The average Bonchev–Trinajstić information content (AvgIpc) is 2.39. The third-order valence-electron chi connectivity index (χ3n) is 2.72. The van der Waals surface area contributed by atoms with Crippen molar-refractivity contribution in [2.24, 2.45) is 0 Å². The maximum atomic E-state index is 11.2. The van der Waals surface area contributed by atoms with Crippen LogP contribution < -0.4 is 0 Å². The van der Waals surface area contributed by atoms with E-state index in [0.29, 0.717) is 25.7 Å². The van der Waals surface area contributed by atoms with Crippen LogP contribution in [0.3, 0.4) is 0 Å². The molecule has 0 aromatic rings. The summed E-state index contributed by atoms with van der Waals surface area (Å²) in [4.78, 5) is 22.3. The molecule has 1 aliphatic carbocycles. The molecule has 1 aliphatic rings. The third kappa shape index (κ3) is 6.28. The van der Waals surface area contributed by atoms with E-state index in [-0.39, 0.29) is 32.0 Å². The first-order chi connectivity index (χ1) is 9.15. The molecule has 7 heteroatoms. The van der Waals surface area contributed by atoms with E-state index in [4.69, 9.17) is 19.3 Å². The molecule has 0 saturated heterocycles. The van der Waals surface area contributed by atoms with Crippen LogP contribution in [-0.2, 0) is 18.9 Å². The predicted octanol–water partition coefficient (Wildman–Crippen LogP) is 1.62. The highest BCUT2D eigenvalue weighted by molar-refractivity contribution is 5.60. The van der Waals surface area contributed by atoms with Gasteiger partial charge in [0.15, 0.2) is 0 Å². The lowest BCUT2D eigenvalue weighted by molar-refractivity contribution is -0.0279. The van der Waals surface area contributed by atoms with Crippen molar-refractivity contribution in [3.63, 3.8) is 0 Å². The highest BCUT2D eigenvalue weighted by atomic mass is 16.7. The monoisotopic (exact) mass is 276 g/mol. The Bertz CT molecular complexity index is 284. The first-order valence-corrected chi connectivity index (χ1v) is 6.43. The largest absolute Gasteiger partial charge is 0.508 e. The van der Waals surface area contributed by atoms with Gasteiger partial charge in [-0.2, -0.15) is 0 Å². The van der Waals surface area contributed by atoms with Crippen molar-refractivity contribution in [1.29, 1.82) is 0 Å². The average molecular weight is 276 g/mol. The number of ether oxygens (including phenoxy) is 4. The zero-order chi connectivity index (χ0) is 14.1. The van der Waals surface area contributed by atoms with Gasteiger partial charge in [-0.15, -0.1) is 0 Å². The summed E-state index contributed by atoms with van der Waals surface area (Å²) in [6, 6.07) is 0. The lowest BCUT2D eigenvalue weighted by atomic mass is 9.95. The van der Waals surface area contributed by atoms with E-state index in [1.165, 1.54) is 0 Å². The van der Waals surface area contributed by atoms with Gasteiger partial charge in [-0.05, 0) is 32.6 Å². The molecule has 0 heterocycles. The van der Waals surface area contributed by atoms with Crippen molar-refractivity contribution in [1.82, 2.24) is 0 Å². The summed E-state index contributed by atoms with van der Waals surface area (Å²) in [5.41, 5.74) is 0. The van der Waals surface area contributed by atoms with E-state index in [1.54, 1.807) is 6.92 Å². The molecule has 7 nitrogen and oxygen atoms in total. The van der Waals surface area contributed by atoms with Gasteiger partial charge in [-0.3, -0.25) is 0 Å². The normalized spacial score (nSPS) is 22.4. The second-order valence-corrected chi connectivity index (χ2v) is 4.14.